The van der Waals surface area contributed by atoms with Crippen LogP contribution in [-0.4, -0.2) is 16.8 Å². The maximum absolute atomic E-state index is 11.2. The van der Waals surface area contributed by atoms with Crippen molar-refractivity contribution >= 4 is 0 Å². The topological polar surface area (TPSA) is 49.7 Å². The number of rotatable bonds is 13. The molecular weight excluding hydrogens is 360 g/mol. The van der Waals surface area contributed by atoms with E-state index in [4.69, 9.17) is 4.74 Å². The van der Waals surface area contributed by atoms with Crippen molar-refractivity contribution in [2.75, 3.05) is 6.61 Å². The quantitative estimate of drug-likeness (QED) is 0.349. The molecule has 0 bridgehead atoms. The summed E-state index contributed by atoms with van der Waals surface area (Å²) in [4.78, 5) is 0. The van der Waals surface area contributed by atoms with Gasteiger partial charge in [-0.2, -0.15) is 0 Å². The Morgan fingerprint density at radius 3 is 2.10 bits per heavy atom. The Bertz CT molecular complexity index is 608. The summed E-state index contributed by atoms with van der Waals surface area (Å²) < 4.78 is 5.99. The van der Waals surface area contributed by atoms with Crippen molar-refractivity contribution in [1.29, 1.82) is 0 Å². The summed E-state index contributed by atoms with van der Waals surface area (Å²) in [7, 11) is 0. The van der Waals surface area contributed by atoms with Crippen LogP contribution in [-0.2, 0) is 5.60 Å². The standard InChI is InChI=1S/C26H44O3/c1-5-6-7-8-9-10-11-12-13-14-15-18-26(4,28)22-17-16-20(2)23-24(27)21(3)19-29-25(22)23/h16-17,21,24,27-28H,5-15,18-19H2,1-4H3. The van der Waals surface area contributed by atoms with Gasteiger partial charge >= 0.3 is 0 Å². The van der Waals surface area contributed by atoms with Crippen LogP contribution in [0.4, 0.5) is 0 Å². The maximum atomic E-state index is 11.2. The zero-order valence-corrected chi connectivity index (χ0v) is 19.3. The molecule has 1 aliphatic rings. The van der Waals surface area contributed by atoms with E-state index in [9.17, 15) is 10.2 Å². The molecule has 0 radical (unpaired) electrons. The van der Waals surface area contributed by atoms with Crippen LogP contribution in [0.2, 0.25) is 0 Å². The van der Waals surface area contributed by atoms with E-state index in [1.807, 2.05) is 32.9 Å². The number of hydrogen-bond donors (Lipinski definition) is 2. The zero-order valence-electron chi connectivity index (χ0n) is 19.3. The van der Waals surface area contributed by atoms with Gasteiger partial charge in [-0.15, -0.1) is 0 Å². The minimum Gasteiger partial charge on any atom is -0.492 e. The van der Waals surface area contributed by atoms with Crippen molar-refractivity contribution in [2.45, 2.75) is 116 Å². The maximum Gasteiger partial charge on any atom is 0.131 e. The molecule has 2 N–H and O–H groups in total. The third-order valence-corrected chi connectivity index (χ3v) is 6.59. The first-order valence-corrected chi connectivity index (χ1v) is 12.1. The van der Waals surface area contributed by atoms with E-state index in [0.29, 0.717) is 12.4 Å². The van der Waals surface area contributed by atoms with Crippen molar-refractivity contribution in [3.63, 3.8) is 0 Å². The van der Waals surface area contributed by atoms with E-state index in [1.165, 1.54) is 64.2 Å². The lowest BCUT2D eigenvalue weighted by Crippen LogP contribution is -2.29. The van der Waals surface area contributed by atoms with Gasteiger partial charge in [0.05, 0.1) is 18.3 Å². The monoisotopic (exact) mass is 404 g/mol. The van der Waals surface area contributed by atoms with Gasteiger partial charge < -0.3 is 14.9 Å². The first kappa shape index (κ1) is 24.2. The number of aliphatic hydroxyl groups excluding tert-OH is 1. The van der Waals surface area contributed by atoms with Gasteiger partial charge in [-0.25, -0.2) is 0 Å². The van der Waals surface area contributed by atoms with Gasteiger partial charge in [0, 0.05) is 17.0 Å². The van der Waals surface area contributed by atoms with Gasteiger partial charge in [0.25, 0.3) is 0 Å². The van der Waals surface area contributed by atoms with E-state index >= 15 is 0 Å². The predicted octanol–water partition coefficient (Wildman–Crippen LogP) is 6.97. The van der Waals surface area contributed by atoms with Crippen LogP contribution in [0.1, 0.15) is 121 Å². The average Bonchev–Trinajstić information content (AvgIpc) is 2.68. The lowest BCUT2D eigenvalue weighted by atomic mass is 9.83. The summed E-state index contributed by atoms with van der Waals surface area (Å²) in [6, 6.07) is 3.99. The lowest BCUT2D eigenvalue weighted by molar-refractivity contribution is 0.0302. The number of fused-ring (bicyclic) bond motifs is 1. The highest BCUT2D eigenvalue weighted by atomic mass is 16.5. The molecule has 2 rings (SSSR count). The van der Waals surface area contributed by atoms with Crippen LogP contribution >= 0.6 is 0 Å². The molecule has 1 aromatic carbocycles. The summed E-state index contributed by atoms with van der Waals surface area (Å²) in [5.74, 6) is 0.789. The van der Waals surface area contributed by atoms with Crippen LogP contribution < -0.4 is 4.74 Å². The average molecular weight is 405 g/mol. The SMILES string of the molecule is CCCCCCCCCCCCCC(C)(O)c1ccc(C)c2c1OCC(C)C2O. The normalized spacial score (nSPS) is 20.8. The molecule has 29 heavy (non-hydrogen) atoms. The molecule has 0 aliphatic carbocycles. The minimum absolute atomic E-state index is 0.0769. The van der Waals surface area contributed by atoms with E-state index in [1.54, 1.807) is 0 Å². The predicted molar refractivity (Wildman–Crippen MR) is 121 cm³/mol. The van der Waals surface area contributed by atoms with Crippen molar-refractivity contribution in [1.82, 2.24) is 0 Å². The molecule has 0 amide bonds. The molecule has 166 valence electrons. The molecule has 0 saturated heterocycles. The number of hydrogen-bond acceptors (Lipinski definition) is 3. The Labute approximate surface area is 178 Å². The van der Waals surface area contributed by atoms with Gasteiger partial charge in [0.1, 0.15) is 5.75 Å². The van der Waals surface area contributed by atoms with Crippen LogP contribution in [0.15, 0.2) is 12.1 Å². The molecule has 1 aromatic rings. The molecule has 1 aliphatic heterocycles. The molecule has 3 heteroatoms. The van der Waals surface area contributed by atoms with Gasteiger partial charge in [-0.05, 0) is 25.8 Å². The lowest BCUT2D eigenvalue weighted by Gasteiger charge is -2.34. The van der Waals surface area contributed by atoms with Crippen molar-refractivity contribution in [3.05, 3.63) is 28.8 Å². The summed E-state index contributed by atoms with van der Waals surface area (Å²) in [5, 5.41) is 21.8. The summed E-state index contributed by atoms with van der Waals surface area (Å²) >= 11 is 0. The van der Waals surface area contributed by atoms with Crippen molar-refractivity contribution in [2.24, 2.45) is 5.92 Å². The number of ether oxygens (including phenoxy) is 1. The van der Waals surface area contributed by atoms with Crippen LogP contribution in [0.3, 0.4) is 0 Å². The summed E-state index contributed by atoms with van der Waals surface area (Å²) in [5.41, 5.74) is 1.81. The van der Waals surface area contributed by atoms with Gasteiger partial charge in [-0.1, -0.05) is 96.6 Å². The largest absolute Gasteiger partial charge is 0.492 e. The van der Waals surface area contributed by atoms with E-state index in [-0.39, 0.29) is 5.92 Å². The molecule has 0 saturated carbocycles. The molecule has 0 spiro atoms. The van der Waals surface area contributed by atoms with Gasteiger partial charge in [0.15, 0.2) is 0 Å². The second-order valence-electron chi connectivity index (χ2n) is 9.47. The van der Waals surface area contributed by atoms with Crippen LogP contribution in [0, 0.1) is 12.8 Å². The molecule has 1 heterocycles. The molecule has 3 nitrogen and oxygen atoms in total. The fraction of sp³-hybridized carbons (Fsp3) is 0.769. The third kappa shape index (κ3) is 7.00. The highest BCUT2D eigenvalue weighted by Crippen LogP contribution is 2.44. The highest BCUT2D eigenvalue weighted by Gasteiger charge is 2.34. The first-order chi connectivity index (χ1) is 13.9. The van der Waals surface area contributed by atoms with Gasteiger partial charge in [0.2, 0.25) is 0 Å². The number of aryl methyl sites for hydroxylation is 1. The molecular formula is C26H44O3. The number of aliphatic hydroxyl groups is 2. The number of benzene rings is 1. The van der Waals surface area contributed by atoms with E-state index in [2.05, 4.69) is 6.92 Å². The van der Waals surface area contributed by atoms with Gasteiger partial charge in [-0.3, -0.25) is 0 Å². The Balaban J connectivity index is 1.76. The van der Waals surface area contributed by atoms with E-state index < -0.39 is 11.7 Å². The highest BCUT2D eigenvalue weighted by molar-refractivity contribution is 5.51. The van der Waals surface area contributed by atoms with Crippen LogP contribution in [0.5, 0.6) is 5.75 Å². The second kappa shape index (κ2) is 12.0. The van der Waals surface area contributed by atoms with Crippen molar-refractivity contribution < 1.29 is 14.9 Å². The summed E-state index contributed by atoms with van der Waals surface area (Å²) in [6.07, 6.45) is 14.6. The van der Waals surface area contributed by atoms with E-state index in [0.717, 1.165) is 29.5 Å². The Kier molecular flexibility index (Phi) is 9.98. The molecule has 3 atom stereocenters. The Morgan fingerprint density at radius 2 is 1.52 bits per heavy atom. The van der Waals surface area contributed by atoms with Crippen molar-refractivity contribution in [3.8, 4) is 5.75 Å². The molecule has 0 fully saturated rings. The smallest absolute Gasteiger partial charge is 0.131 e. The first-order valence-electron chi connectivity index (χ1n) is 12.1. The zero-order chi connectivity index (χ0) is 21.3. The fourth-order valence-corrected chi connectivity index (χ4v) is 4.50. The second-order valence-corrected chi connectivity index (χ2v) is 9.47. The fourth-order valence-electron chi connectivity index (χ4n) is 4.50. The Morgan fingerprint density at radius 1 is 0.966 bits per heavy atom. The third-order valence-electron chi connectivity index (χ3n) is 6.59. The van der Waals surface area contributed by atoms with Crippen LogP contribution in [0.25, 0.3) is 0 Å². The summed E-state index contributed by atoms with van der Waals surface area (Å²) in [6.45, 7) is 8.66. The number of unbranched alkanes of at least 4 members (excludes halogenated alkanes) is 10. The minimum atomic E-state index is -0.919. The Hall–Kier alpha value is -1.06. The molecule has 0 aromatic heterocycles. The molecule has 3 unspecified atom stereocenters.